The van der Waals surface area contributed by atoms with E-state index in [9.17, 15) is 0 Å². The fourth-order valence-corrected chi connectivity index (χ4v) is 1.56. The van der Waals surface area contributed by atoms with Crippen molar-refractivity contribution in [1.29, 1.82) is 0 Å². The summed E-state index contributed by atoms with van der Waals surface area (Å²) in [7, 11) is 0. The number of hydrogen-bond donors (Lipinski definition) is 1. The Labute approximate surface area is 109 Å². The van der Waals surface area contributed by atoms with Crippen LogP contribution in [-0.2, 0) is 4.74 Å². The van der Waals surface area contributed by atoms with Crippen LogP contribution in [0.25, 0.3) is 5.95 Å². The maximum atomic E-state index is 5.62. The molecule has 3 rings (SSSR count). The lowest BCUT2D eigenvalue weighted by Gasteiger charge is -2.25. The summed E-state index contributed by atoms with van der Waals surface area (Å²) in [6, 6.07) is 0.294. The van der Waals surface area contributed by atoms with Crippen molar-refractivity contribution in [2.45, 2.75) is 13.0 Å². The second-order valence-electron chi connectivity index (χ2n) is 4.02. The third-order valence-electron chi connectivity index (χ3n) is 2.55. The molecule has 0 saturated carbocycles. The molecular formula is C11H14N6O2. The Morgan fingerprint density at radius 1 is 1.42 bits per heavy atom. The first-order chi connectivity index (χ1) is 9.35. The van der Waals surface area contributed by atoms with E-state index in [4.69, 9.17) is 9.47 Å². The van der Waals surface area contributed by atoms with E-state index >= 15 is 0 Å². The Hall–Kier alpha value is -2.22. The van der Waals surface area contributed by atoms with Crippen LogP contribution in [0.1, 0.15) is 6.92 Å². The fourth-order valence-electron chi connectivity index (χ4n) is 1.56. The lowest BCUT2D eigenvalue weighted by atomic mass is 10.3. The van der Waals surface area contributed by atoms with Crippen molar-refractivity contribution in [2.24, 2.45) is 0 Å². The minimum Gasteiger partial charge on any atom is -0.455 e. The molecule has 1 aliphatic rings. The summed E-state index contributed by atoms with van der Waals surface area (Å²) in [6.45, 7) is 3.84. The Balaban J connectivity index is 1.89. The molecule has 1 N–H and O–H groups in total. The van der Waals surface area contributed by atoms with E-state index in [0.29, 0.717) is 31.1 Å². The number of anilines is 1. The van der Waals surface area contributed by atoms with Crippen LogP contribution in [0.5, 0.6) is 6.01 Å². The van der Waals surface area contributed by atoms with Crippen LogP contribution in [0.2, 0.25) is 0 Å². The van der Waals surface area contributed by atoms with Crippen molar-refractivity contribution in [3.63, 3.8) is 0 Å². The molecular weight excluding hydrogens is 248 g/mol. The number of nitrogens with one attached hydrogen (secondary N) is 1. The SMILES string of the molecule is CCNc1nc(OC2COC2)nc(-n2ccnc2)n1. The number of imidazole rings is 1. The third kappa shape index (κ3) is 2.63. The molecule has 2 aromatic heterocycles. The first-order valence-electron chi connectivity index (χ1n) is 6.08. The van der Waals surface area contributed by atoms with Gasteiger partial charge in [0.2, 0.25) is 11.9 Å². The lowest BCUT2D eigenvalue weighted by Crippen LogP contribution is -2.39. The number of rotatable bonds is 5. The molecule has 0 amide bonds. The van der Waals surface area contributed by atoms with Crippen LogP contribution in [0.15, 0.2) is 18.7 Å². The zero-order valence-corrected chi connectivity index (χ0v) is 10.5. The molecule has 100 valence electrons. The smallest absolute Gasteiger partial charge is 0.323 e. The van der Waals surface area contributed by atoms with Gasteiger partial charge in [0.15, 0.2) is 0 Å². The first kappa shape index (κ1) is 11.8. The molecule has 0 aliphatic carbocycles. The number of ether oxygens (including phenoxy) is 2. The van der Waals surface area contributed by atoms with Crippen molar-refractivity contribution in [3.05, 3.63) is 18.7 Å². The molecule has 1 saturated heterocycles. The van der Waals surface area contributed by atoms with E-state index < -0.39 is 0 Å². The average Bonchev–Trinajstić information content (AvgIpc) is 2.88. The van der Waals surface area contributed by atoms with Gasteiger partial charge in [-0.1, -0.05) is 0 Å². The Morgan fingerprint density at radius 3 is 2.95 bits per heavy atom. The van der Waals surface area contributed by atoms with Crippen LogP contribution in [0.4, 0.5) is 5.95 Å². The van der Waals surface area contributed by atoms with Gasteiger partial charge in [-0.05, 0) is 6.92 Å². The van der Waals surface area contributed by atoms with Crippen molar-refractivity contribution < 1.29 is 9.47 Å². The summed E-state index contributed by atoms with van der Waals surface area (Å²) in [5.41, 5.74) is 0. The van der Waals surface area contributed by atoms with Gasteiger partial charge in [0.25, 0.3) is 0 Å². The minimum absolute atomic E-state index is 0.0208. The standard InChI is InChI=1S/C11H14N6O2/c1-2-13-9-14-10(17-4-3-12-7-17)16-11(15-9)19-8-5-18-6-8/h3-4,7-8H,2,5-6H2,1H3,(H,13,14,15,16). The zero-order valence-electron chi connectivity index (χ0n) is 10.5. The van der Waals surface area contributed by atoms with Gasteiger partial charge >= 0.3 is 6.01 Å². The number of aromatic nitrogens is 5. The normalized spacial score (nSPS) is 15.0. The Kier molecular flexibility index (Phi) is 3.23. The van der Waals surface area contributed by atoms with Crippen molar-refractivity contribution in [2.75, 3.05) is 25.1 Å². The van der Waals surface area contributed by atoms with Gasteiger partial charge in [0, 0.05) is 18.9 Å². The summed E-state index contributed by atoms with van der Waals surface area (Å²) in [4.78, 5) is 16.7. The Bertz CT molecular complexity index is 540. The Morgan fingerprint density at radius 2 is 2.32 bits per heavy atom. The summed E-state index contributed by atoms with van der Waals surface area (Å²) in [5.74, 6) is 0.954. The van der Waals surface area contributed by atoms with E-state index in [-0.39, 0.29) is 6.10 Å². The monoisotopic (exact) mass is 262 g/mol. The van der Waals surface area contributed by atoms with E-state index in [1.165, 1.54) is 0 Å². The van der Waals surface area contributed by atoms with Crippen LogP contribution >= 0.6 is 0 Å². The quantitative estimate of drug-likeness (QED) is 0.827. The number of hydrogen-bond acceptors (Lipinski definition) is 7. The molecule has 0 atom stereocenters. The van der Waals surface area contributed by atoms with Gasteiger partial charge < -0.3 is 14.8 Å². The average molecular weight is 262 g/mol. The highest BCUT2D eigenvalue weighted by atomic mass is 16.6. The maximum Gasteiger partial charge on any atom is 0.323 e. The summed E-state index contributed by atoms with van der Waals surface area (Å²) >= 11 is 0. The molecule has 2 aromatic rings. The van der Waals surface area contributed by atoms with Gasteiger partial charge in [-0.15, -0.1) is 0 Å². The molecule has 0 radical (unpaired) electrons. The van der Waals surface area contributed by atoms with Gasteiger partial charge in [0.05, 0.1) is 13.2 Å². The van der Waals surface area contributed by atoms with E-state index in [2.05, 4.69) is 25.3 Å². The first-order valence-corrected chi connectivity index (χ1v) is 6.08. The number of nitrogens with zero attached hydrogens (tertiary/aromatic N) is 5. The molecule has 8 nitrogen and oxygen atoms in total. The second-order valence-corrected chi connectivity index (χ2v) is 4.02. The predicted molar refractivity (Wildman–Crippen MR) is 66.3 cm³/mol. The largest absolute Gasteiger partial charge is 0.455 e. The highest BCUT2D eigenvalue weighted by Gasteiger charge is 2.22. The maximum absolute atomic E-state index is 5.62. The summed E-state index contributed by atoms with van der Waals surface area (Å²) < 4.78 is 12.4. The summed E-state index contributed by atoms with van der Waals surface area (Å²) in [6.07, 6.45) is 5.08. The molecule has 8 heteroatoms. The van der Waals surface area contributed by atoms with Gasteiger partial charge in [-0.3, -0.25) is 4.57 Å². The molecule has 0 unspecified atom stereocenters. The van der Waals surface area contributed by atoms with E-state index in [1.807, 2.05) is 6.92 Å². The third-order valence-corrected chi connectivity index (χ3v) is 2.55. The van der Waals surface area contributed by atoms with Crippen molar-refractivity contribution in [1.82, 2.24) is 24.5 Å². The van der Waals surface area contributed by atoms with Crippen LogP contribution in [0.3, 0.4) is 0 Å². The van der Waals surface area contributed by atoms with Crippen molar-refractivity contribution in [3.8, 4) is 12.0 Å². The fraction of sp³-hybridized carbons (Fsp3) is 0.455. The summed E-state index contributed by atoms with van der Waals surface area (Å²) in [5, 5.41) is 3.05. The molecule has 1 fully saturated rings. The second kappa shape index (κ2) is 5.19. The minimum atomic E-state index is 0.0208. The van der Waals surface area contributed by atoms with Crippen LogP contribution < -0.4 is 10.1 Å². The zero-order chi connectivity index (χ0) is 13.1. The molecule has 0 bridgehead atoms. The van der Waals surface area contributed by atoms with Crippen LogP contribution in [0, 0.1) is 0 Å². The molecule has 0 spiro atoms. The van der Waals surface area contributed by atoms with E-state index in [1.54, 1.807) is 23.3 Å². The van der Waals surface area contributed by atoms with Gasteiger partial charge in [0.1, 0.15) is 12.4 Å². The topological polar surface area (TPSA) is 87.0 Å². The molecule has 0 aromatic carbocycles. The predicted octanol–water partition coefficient (Wildman–Crippen LogP) is 0.267. The lowest BCUT2D eigenvalue weighted by molar-refractivity contribution is -0.0831. The molecule has 19 heavy (non-hydrogen) atoms. The van der Waals surface area contributed by atoms with Crippen molar-refractivity contribution >= 4 is 5.95 Å². The highest BCUT2D eigenvalue weighted by molar-refractivity contribution is 5.30. The molecule has 1 aliphatic heterocycles. The molecule has 3 heterocycles. The van der Waals surface area contributed by atoms with E-state index in [0.717, 1.165) is 6.54 Å². The van der Waals surface area contributed by atoms with Gasteiger partial charge in [-0.2, -0.15) is 15.0 Å². The van der Waals surface area contributed by atoms with Crippen LogP contribution in [-0.4, -0.2) is 50.4 Å². The van der Waals surface area contributed by atoms with Gasteiger partial charge in [-0.25, -0.2) is 4.98 Å². The highest BCUT2D eigenvalue weighted by Crippen LogP contribution is 2.14.